The van der Waals surface area contributed by atoms with Crippen molar-refractivity contribution in [3.05, 3.63) is 35.4 Å². The SMILES string of the molecule is CCCC(N)C(=O)N1CCN(C(=O)c2ccc(CC)cc2)CC1. The van der Waals surface area contributed by atoms with Gasteiger partial charge in [0.2, 0.25) is 5.91 Å². The van der Waals surface area contributed by atoms with Crippen molar-refractivity contribution in [2.24, 2.45) is 5.73 Å². The molecule has 1 saturated heterocycles. The van der Waals surface area contributed by atoms with Gasteiger partial charge < -0.3 is 15.5 Å². The summed E-state index contributed by atoms with van der Waals surface area (Å²) in [4.78, 5) is 28.3. The number of hydrogen-bond donors (Lipinski definition) is 1. The maximum absolute atomic E-state index is 12.5. The van der Waals surface area contributed by atoms with Gasteiger partial charge in [-0.2, -0.15) is 0 Å². The molecule has 1 aliphatic heterocycles. The lowest BCUT2D eigenvalue weighted by Gasteiger charge is -2.36. The summed E-state index contributed by atoms with van der Waals surface area (Å²) in [7, 11) is 0. The highest BCUT2D eigenvalue weighted by Gasteiger charge is 2.27. The van der Waals surface area contributed by atoms with E-state index >= 15 is 0 Å². The maximum Gasteiger partial charge on any atom is 0.253 e. The van der Waals surface area contributed by atoms with Gasteiger partial charge in [0.05, 0.1) is 6.04 Å². The van der Waals surface area contributed by atoms with Crippen LogP contribution in [0.3, 0.4) is 0 Å². The summed E-state index contributed by atoms with van der Waals surface area (Å²) in [5, 5.41) is 0. The van der Waals surface area contributed by atoms with Gasteiger partial charge in [0.1, 0.15) is 0 Å². The summed E-state index contributed by atoms with van der Waals surface area (Å²) in [6, 6.07) is 7.35. The zero-order valence-corrected chi connectivity index (χ0v) is 14.1. The average molecular weight is 317 g/mol. The van der Waals surface area contributed by atoms with Gasteiger partial charge in [-0.15, -0.1) is 0 Å². The molecular formula is C18H27N3O2. The maximum atomic E-state index is 12.5. The molecule has 0 bridgehead atoms. The van der Waals surface area contributed by atoms with Crippen LogP contribution in [0.15, 0.2) is 24.3 Å². The summed E-state index contributed by atoms with van der Waals surface area (Å²) in [5.41, 5.74) is 7.84. The van der Waals surface area contributed by atoms with Gasteiger partial charge in [-0.1, -0.05) is 32.4 Å². The number of hydrogen-bond acceptors (Lipinski definition) is 3. The highest BCUT2D eigenvalue weighted by molar-refractivity contribution is 5.94. The van der Waals surface area contributed by atoms with Crippen LogP contribution in [0.2, 0.25) is 0 Å². The number of piperazine rings is 1. The molecule has 1 fully saturated rings. The molecule has 1 aromatic rings. The second-order valence-corrected chi connectivity index (χ2v) is 6.06. The van der Waals surface area contributed by atoms with Gasteiger partial charge in [-0.25, -0.2) is 0 Å². The molecule has 1 unspecified atom stereocenters. The van der Waals surface area contributed by atoms with E-state index in [-0.39, 0.29) is 11.8 Å². The Hall–Kier alpha value is -1.88. The van der Waals surface area contributed by atoms with E-state index in [0.29, 0.717) is 38.2 Å². The first-order valence-corrected chi connectivity index (χ1v) is 8.49. The molecule has 0 aromatic heterocycles. The van der Waals surface area contributed by atoms with Crippen LogP contribution in [-0.2, 0) is 11.2 Å². The molecule has 126 valence electrons. The van der Waals surface area contributed by atoms with Crippen LogP contribution in [0.1, 0.15) is 42.6 Å². The number of nitrogens with zero attached hydrogens (tertiary/aromatic N) is 2. The minimum absolute atomic E-state index is 0.00578. The van der Waals surface area contributed by atoms with Crippen molar-refractivity contribution in [1.29, 1.82) is 0 Å². The van der Waals surface area contributed by atoms with E-state index in [1.807, 2.05) is 36.1 Å². The van der Waals surface area contributed by atoms with Gasteiger partial charge in [0.15, 0.2) is 0 Å². The van der Waals surface area contributed by atoms with Gasteiger partial charge in [0, 0.05) is 31.7 Å². The molecule has 1 aromatic carbocycles. The standard InChI is InChI=1S/C18H27N3O2/c1-3-5-16(19)18(23)21-12-10-20(11-13-21)17(22)15-8-6-14(4-2)7-9-15/h6-9,16H,3-5,10-13,19H2,1-2H3. The fourth-order valence-electron chi connectivity index (χ4n) is 2.86. The first-order valence-electron chi connectivity index (χ1n) is 8.49. The Morgan fingerprint density at radius 2 is 1.61 bits per heavy atom. The third-order valence-corrected chi connectivity index (χ3v) is 4.40. The van der Waals surface area contributed by atoms with E-state index in [0.717, 1.165) is 12.8 Å². The van der Waals surface area contributed by atoms with Crippen LogP contribution < -0.4 is 5.73 Å². The van der Waals surface area contributed by atoms with Crippen molar-refractivity contribution in [2.45, 2.75) is 39.2 Å². The Balaban J connectivity index is 1.90. The average Bonchev–Trinajstić information content (AvgIpc) is 2.61. The fraction of sp³-hybridized carbons (Fsp3) is 0.556. The van der Waals surface area contributed by atoms with E-state index in [9.17, 15) is 9.59 Å². The van der Waals surface area contributed by atoms with Crippen LogP contribution in [0.25, 0.3) is 0 Å². The fourth-order valence-corrected chi connectivity index (χ4v) is 2.86. The second-order valence-electron chi connectivity index (χ2n) is 6.06. The predicted octanol–water partition coefficient (Wildman–Crippen LogP) is 1.66. The molecule has 0 aliphatic carbocycles. The first-order chi connectivity index (χ1) is 11.1. The Labute approximate surface area is 138 Å². The van der Waals surface area contributed by atoms with Crippen molar-refractivity contribution >= 4 is 11.8 Å². The molecular weight excluding hydrogens is 290 g/mol. The molecule has 2 amide bonds. The number of rotatable bonds is 5. The van der Waals surface area contributed by atoms with Gasteiger partial charge >= 0.3 is 0 Å². The second kappa shape index (κ2) is 8.11. The molecule has 5 nitrogen and oxygen atoms in total. The number of aryl methyl sites for hydroxylation is 1. The zero-order chi connectivity index (χ0) is 16.8. The van der Waals surface area contributed by atoms with Crippen molar-refractivity contribution in [2.75, 3.05) is 26.2 Å². The Morgan fingerprint density at radius 1 is 1.04 bits per heavy atom. The van der Waals surface area contributed by atoms with Crippen LogP contribution in [0, 0.1) is 0 Å². The smallest absolute Gasteiger partial charge is 0.253 e. The third kappa shape index (κ3) is 4.32. The monoisotopic (exact) mass is 317 g/mol. The lowest BCUT2D eigenvalue weighted by atomic mass is 10.1. The molecule has 1 heterocycles. The van der Waals surface area contributed by atoms with Crippen molar-refractivity contribution in [3.63, 3.8) is 0 Å². The molecule has 0 spiro atoms. The van der Waals surface area contributed by atoms with Gasteiger partial charge in [0.25, 0.3) is 5.91 Å². The van der Waals surface area contributed by atoms with E-state index in [1.165, 1.54) is 5.56 Å². The van der Waals surface area contributed by atoms with E-state index in [1.54, 1.807) is 4.90 Å². The molecule has 2 rings (SSSR count). The summed E-state index contributed by atoms with van der Waals surface area (Å²) in [5.74, 6) is 0.0452. The minimum Gasteiger partial charge on any atom is -0.338 e. The normalized spacial score (nSPS) is 16.3. The number of benzene rings is 1. The van der Waals surface area contributed by atoms with Crippen LogP contribution in [-0.4, -0.2) is 53.8 Å². The Morgan fingerprint density at radius 3 is 2.13 bits per heavy atom. The van der Waals surface area contributed by atoms with Crippen molar-refractivity contribution in [3.8, 4) is 0 Å². The Kier molecular flexibility index (Phi) is 6.16. The lowest BCUT2D eigenvalue weighted by molar-refractivity contribution is -0.134. The highest BCUT2D eigenvalue weighted by atomic mass is 16.2. The molecule has 5 heteroatoms. The topological polar surface area (TPSA) is 66.6 Å². The van der Waals surface area contributed by atoms with E-state index in [4.69, 9.17) is 5.73 Å². The van der Waals surface area contributed by atoms with Crippen molar-refractivity contribution < 1.29 is 9.59 Å². The molecule has 1 aliphatic rings. The van der Waals surface area contributed by atoms with Crippen LogP contribution in [0.5, 0.6) is 0 Å². The summed E-state index contributed by atoms with van der Waals surface area (Å²) in [6.45, 7) is 6.38. The largest absolute Gasteiger partial charge is 0.338 e. The lowest BCUT2D eigenvalue weighted by Crippen LogP contribution is -2.54. The van der Waals surface area contributed by atoms with Gasteiger partial charge in [-0.05, 0) is 30.5 Å². The summed E-state index contributed by atoms with van der Waals surface area (Å²) >= 11 is 0. The number of nitrogens with two attached hydrogens (primary N) is 1. The number of carbonyl (C=O) groups excluding carboxylic acids is 2. The number of amides is 2. The molecule has 1 atom stereocenters. The first kappa shape index (κ1) is 17.5. The molecule has 23 heavy (non-hydrogen) atoms. The number of carbonyl (C=O) groups is 2. The summed E-state index contributed by atoms with van der Waals surface area (Å²) < 4.78 is 0. The van der Waals surface area contributed by atoms with Crippen molar-refractivity contribution in [1.82, 2.24) is 9.80 Å². The van der Waals surface area contributed by atoms with Gasteiger partial charge in [-0.3, -0.25) is 9.59 Å². The van der Waals surface area contributed by atoms with Crippen LogP contribution >= 0.6 is 0 Å². The van der Waals surface area contributed by atoms with E-state index < -0.39 is 6.04 Å². The zero-order valence-electron chi connectivity index (χ0n) is 14.1. The molecule has 0 radical (unpaired) electrons. The highest BCUT2D eigenvalue weighted by Crippen LogP contribution is 2.12. The molecule has 0 saturated carbocycles. The summed E-state index contributed by atoms with van der Waals surface area (Å²) in [6.07, 6.45) is 2.58. The Bertz CT molecular complexity index is 534. The minimum atomic E-state index is -0.413. The van der Waals surface area contributed by atoms with Crippen LogP contribution in [0.4, 0.5) is 0 Å². The third-order valence-electron chi connectivity index (χ3n) is 4.40. The van der Waals surface area contributed by atoms with E-state index in [2.05, 4.69) is 6.92 Å². The quantitative estimate of drug-likeness (QED) is 0.898. The predicted molar refractivity (Wildman–Crippen MR) is 91.2 cm³/mol. The molecule has 2 N–H and O–H groups in total.